The lowest BCUT2D eigenvalue weighted by Gasteiger charge is -2.18. The van der Waals surface area contributed by atoms with Crippen molar-refractivity contribution in [3.05, 3.63) is 34.3 Å². The maximum absolute atomic E-state index is 13.6. The minimum Gasteiger partial charge on any atom is -0.396 e. The predicted molar refractivity (Wildman–Crippen MR) is 60.6 cm³/mol. The molecule has 0 saturated heterocycles. The summed E-state index contributed by atoms with van der Waals surface area (Å²) in [6, 6.07) is 6.16. The molecule has 2 nitrogen and oxygen atoms in total. The van der Waals surface area contributed by atoms with Crippen molar-refractivity contribution in [2.24, 2.45) is 0 Å². The van der Waals surface area contributed by atoms with Crippen LogP contribution in [0.1, 0.15) is 12.0 Å². The van der Waals surface area contributed by atoms with Crippen LogP contribution in [-0.4, -0.2) is 24.9 Å². The van der Waals surface area contributed by atoms with Gasteiger partial charge >= 0.3 is 0 Å². The first-order valence-electron chi connectivity index (χ1n) is 4.89. The molecule has 16 heavy (non-hydrogen) atoms. The first-order chi connectivity index (χ1) is 7.58. The molecule has 0 fully saturated rings. The van der Waals surface area contributed by atoms with Crippen molar-refractivity contribution in [2.75, 3.05) is 19.8 Å². The van der Waals surface area contributed by atoms with Crippen molar-refractivity contribution < 1.29 is 18.6 Å². The van der Waals surface area contributed by atoms with Gasteiger partial charge in [0.15, 0.2) is 0 Å². The number of aliphatic hydroxyl groups excluding tert-OH is 1. The first-order valence-corrected chi connectivity index (χ1v) is 5.68. The molecule has 0 aliphatic rings. The predicted octanol–water partition coefficient (Wildman–Crippen LogP) is 2.94. The molecule has 0 aromatic heterocycles. The largest absolute Gasteiger partial charge is 0.396 e. The van der Waals surface area contributed by atoms with Gasteiger partial charge in [0.05, 0.1) is 0 Å². The highest BCUT2D eigenvalue weighted by molar-refractivity contribution is 9.10. The number of aliphatic hydroxyl groups is 1. The van der Waals surface area contributed by atoms with E-state index in [-0.39, 0.29) is 18.8 Å². The van der Waals surface area contributed by atoms with Crippen LogP contribution in [0.25, 0.3) is 0 Å². The average molecular weight is 295 g/mol. The Morgan fingerprint density at radius 2 is 2.00 bits per heavy atom. The van der Waals surface area contributed by atoms with Gasteiger partial charge in [-0.05, 0) is 12.5 Å². The molecular formula is C11H13BrF2O2. The summed E-state index contributed by atoms with van der Waals surface area (Å²) >= 11 is 3.08. The zero-order valence-corrected chi connectivity index (χ0v) is 10.2. The van der Waals surface area contributed by atoms with Crippen LogP contribution in [0.4, 0.5) is 8.78 Å². The van der Waals surface area contributed by atoms with E-state index in [1.165, 1.54) is 6.07 Å². The summed E-state index contributed by atoms with van der Waals surface area (Å²) in [6.45, 7) is -0.591. The van der Waals surface area contributed by atoms with E-state index in [1.54, 1.807) is 18.2 Å². The minimum atomic E-state index is -3.02. The molecular weight excluding hydrogens is 282 g/mol. The number of rotatable bonds is 6. The molecule has 0 heterocycles. The van der Waals surface area contributed by atoms with Gasteiger partial charge in [0, 0.05) is 23.2 Å². The SMILES string of the molecule is OCCCOCC(F)(F)c1ccccc1Br. The Bertz CT molecular complexity index is 332. The summed E-state index contributed by atoms with van der Waals surface area (Å²) in [5.41, 5.74) is -0.0843. The van der Waals surface area contributed by atoms with Crippen molar-refractivity contribution in [2.45, 2.75) is 12.3 Å². The Morgan fingerprint density at radius 3 is 2.62 bits per heavy atom. The normalized spacial score (nSPS) is 11.8. The second kappa shape index (κ2) is 6.27. The van der Waals surface area contributed by atoms with Crippen LogP contribution in [0.15, 0.2) is 28.7 Å². The van der Waals surface area contributed by atoms with Crippen molar-refractivity contribution >= 4 is 15.9 Å². The number of hydrogen-bond donors (Lipinski definition) is 1. The molecule has 0 unspecified atom stereocenters. The molecule has 1 N–H and O–H groups in total. The third kappa shape index (κ3) is 3.81. The van der Waals surface area contributed by atoms with Crippen LogP contribution < -0.4 is 0 Å². The fourth-order valence-electron chi connectivity index (χ4n) is 1.20. The highest BCUT2D eigenvalue weighted by atomic mass is 79.9. The van der Waals surface area contributed by atoms with E-state index >= 15 is 0 Å². The summed E-state index contributed by atoms with van der Waals surface area (Å²) < 4.78 is 32.4. The lowest BCUT2D eigenvalue weighted by Crippen LogP contribution is -2.22. The topological polar surface area (TPSA) is 29.5 Å². The number of halogens is 3. The Labute approximate surface area is 101 Å². The number of alkyl halides is 2. The van der Waals surface area contributed by atoms with Gasteiger partial charge in [0.25, 0.3) is 5.92 Å². The zero-order chi connectivity index (χ0) is 12.0. The summed E-state index contributed by atoms with van der Waals surface area (Å²) in [4.78, 5) is 0. The van der Waals surface area contributed by atoms with E-state index < -0.39 is 12.5 Å². The van der Waals surface area contributed by atoms with Gasteiger partial charge in [-0.1, -0.05) is 34.1 Å². The fourth-order valence-corrected chi connectivity index (χ4v) is 1.78. The first kappa shape index (κ1) is 13.5. The Balaban J connectivity index is 2.59. The highest BCUT2D eigenvalue weighted by Crippen LogP contribution is 2.33. The molecule has 1 rings (SSSR count). The highest BCUT2D eigenvalue weighted by Gasteiger charge is 2.33. The monoisotopic (exact) mass is 294 g/mol. The summed E-state index contributed by atoms with van der Waals surface area (Å²) in [7, 11) is 0. The lowest BCUT2D eigenvalue weighted by molar-refractivity contribution is -0.0845. The van der Waals surface area contributed by atoms with E-state index in [4.69, 9.17) is 9.84 Å². The van der Waals surface area contributed by atoms with E-state index in [9.17, 15) is 8.78 Å². The van der Waals surface area contributed by atoms with Gasteiger partial charge in [0.2, 0.25) is 0 Å². The second-order valence-electron chi connectivity index (χ2n) is 3.31. The molecule has 0 bridgehead atoms. The van der Waals surface area contributed by atoms with Gasteiger partial charge in [0.1, 0.15) is 6.61 Å². The molecule has 0 radical (unpaired) electrons. The molecule has 1 aromatic rings. The molecule has 0 aliphatic heterocycles. The van der Waals surface area contributed by atoms with Crippen LogP contribution >= 0.6 is 15.9 Å². The Kier molecular flexibility index (Phi) is 5.31. The second-order valence-corrected chi connectivity index (χ2v) is 4.17. The van der Waals surface area contributed by atoms with Gasteiger partial charge in [-0.25, -0.2) is 0 Å². The van der Waals surface area contributed by atoms with Crippen LogP contribution in [0.3, 0.4) is 0 Å². The van der Waals surface area contributed by atoms with Crippen molar-refractivity contribution in [1.82, 2.24) is 0 Å². The molecule has 90 valence electrons. The molecule has 0 amide bonds. The van der Waals surface area contributed by atoms with E-state index in [0.29, 0.717) is 10.9 Å². The molecule has 0 spiro atoms. The summed E-state index contributed by atoms with van der Waals surface area (Å²) in [5, 5.41) is 8.48. The van der Waals surface area contributed by atoms with Gasteiger partial charge in [-0.15, -0.1) is 0 Å². The molecule has 0 atom stereocenters. The van der Waals surface area contributed by atoms with E-state index in [1.807, 2.05) is 0 Å². The van der Waals surface area contributed by atoms with E-state index in [2.05, 4.69) is 15.9 Å². The van der Waals surface area contributed by atoms with E-state index in [0.717, 1.165) is 0 Å². The van der Waals surface area contributed by atoms with Crippen LogP contribution in [0.2, 0.25) is 0 Å². The quantitative estimate of drug-likeness (QED) is 0.818. The van der Waals surface area contributed by atoms with Crippen LogP contribution in [0.5, 0.6) is 0 Å². The lowest BCUT2D eigenvalue weighted by atomic mass is 10.1. The molecule has 0 saturated carbocycles. The maximum Gasteiger partial charge on any atom is 0.297 e. The Morgan fingerprint density at radius 1 is 1.31 bits per heavy atom. The number of benzene rings is 1. The molecule has 0 aliphatic carbocycles. The third-order valence-electron chi connectivity index (χ3n) is 2.00. The molecule has 5 heteroatoms. The standard InChI is InChI=1S/C11H13BrF2O2/c12-10-5-2-1-4-9(10)11(13,14)8-16-7-3-6-15/h1-2,4-5,15H,3,6-8H2. The smallest absolute Gasteiger partial charge is 0.297 e. The van der Waals surface area contributed by atoms with Crippen LogP contribution in [0, 0.1) is 0 Å². The van der Waals surface area contributed by atoms with Crippen molar-refractivity contribution in [3.8, 4) is 0 Å². The average Bonchev–Trinajstić information content (AvgIpc) is 2.25. The number of ether oxygens (including phenoxy) is 1. The van der Waals surface area contributed by atoms with Crippen LogP contribution in [-0.2, 0) is 10.7 Å². The fraction of sp³-hybridized carbons (Fsp3) is 0.455. The van der Waals surface area contributed by atoms with Gasteiger partial charge in [-0.2, -0.15) is 8.78 Å². The van der Waals surface area contributed by atoms with Crippen molar-refractivity contribution in [3.63, 3.8) is 0 Å². The summed E-state index contributed by atoms with van der Waals surface area (Å²) in [6.07, 6.45) is 0.367. The third-order valence-corrected chi connectivity index (χ3v) is 2.69. The van der Waals surface area contributed by atoms with Crippen molar-refractivity contribution in [1.29, 1.82) is 0 Å². The van der Waals surface area contributed by atoms with Gasteiger partial charge in [-0.3, -0.25) is 0 Å². The maximum atomic E-state index is 13.6. The summed E-state index contributed by atoms with van der Waals surface area (Å²) in [5.74, 6) is -3.02. The number of hydrogen-bond acceptors (Lipinski definition) is 2. The van der Waals surface area contributed by atoms with Gasteiger partial charge < -0.3 is 9.84 Å². The molecule has 1 aromatic carbocycles. The minimum absolute atomic E-state index is 0.0550. The Hall–Kier alpha value is -0.520. The zero-order valence-electron chi connectivity index (χ0n) is 8.63.